The first-order valence-electron chi connectivity index (χ1n) is 5.22. The second-order valence-corrected chi connectivity index (χ2v) is 3.53. The van der Waals surface area contributed by atoms with Gasteiger partial charge in [-0.05, 0) is 42.5 Å². The molecule has 0 amide bonds. The summed E-state index contributed by atoms with van der Waals surface area (Å²) < 4.78 is 5.35. The van der Waals surface area contributed by atoms with Crippen molar-refractivity contribution in [1.29, 1.82) is 0 Å². The fourth-order valence-corrected chi connectivity index (χ4v) is 1.99. The Kier molecular flexibility index (Phi) is 4.88. The molecular weight excluding hydrogens is 192 g/mol. The number of aryl methyl sites for hydroxylation is 2. The topological polar surface area (TPSA) is 9.23 Å². The third kappa shape index (κ3) is 2.68. The molecule has 1 aliphatic rings. The quantitative estimate of drug-likeness (QED) is 0.685. The molecule has 0 unspecified atom stereocenters. The molecule has 1 aromatic rings. The van der Waals surface area contributed by atoms with Crippen LogP contribution in [0.4, 0.5) is 0 Å². The highest BCUT2D eigenvalue weighted by atomic mass is 32.2. The van der Waals surface area contributed by atoms with E-state index in [1.165, 1.54) is 42.4 Å². The lowest BCUT2D eigenvalue weighted by Gasteiger charge is -2.03. The van der Waals surface area contributed by atoms with Gasteiger partial charge in [-0.15, -0.1) is 0 Å². The Hall–Kier alpha value is -0.630. The second-order valence-electron chi connectivity index (χ2n) is 3.03. The van der Waals surface area contributed by atoms with Crippen LogP contribution in [0.3, 0.4) is 0 Å². The van der Waals surface area contributed by atoms with Gasteiger partial charge in [0.15, 0.2) is 0 Å². The molecule has 0 atom stereocenters. The number of fused-ring (bicyclic) bond motifs is 1. The van der Waals surface area contributed by atoms with E-state index in [0.717, 1.165) is 5.75 Å². The van der Waals surface area contributed by atoms with E-state index in [0.29, 0.717) is 0 Å². The molecular formula is C12H18OS. The van der Waals surface area contributed by atoms with E-state index >= 15 is 0 Å². The Morgan fingerprint density at radius 1 is 1.14 bits per heavy atom. The maximum Gasteiger partial charge on any atom is 0.137 e. The Morgan fingerprint density at radius 3 is 2.57 bits per heavy atom. The van der Waals surface area contributed by atoms with Crippen LogP contribution in [0.15, 0.2) is 18.2 Å². The molecule has 0 saturated heterocycles. The highest BCUT2D eigenvalue weighted by molar-refractivity contribution is 7.94. The lowest BCUT2D eigenvalue weighted by Crippen LogP contribution is -1.84. The minimum Gasteiger partial charge on any atom is -0.426 e. The van der Waals surface area contributed by atoms with Crippen LogP contribution in [-0.4, -0.2) is 6.26 Å². The van der Waals surface area contributed by atoms with E-state index in [-0.39, 0.29) is 0 Å². The van der Waals surface area contributed by atoms with Crippen molar-refractivity contribution in [2.24, 2.45) is 0 Å². The van der Waals surface area contributed by atoms with Crippen molar-refractivity contribution in [1.82, 2.24) is 0 Å². The third-order valence-corrected chi connectivity index (χ3v) is 2.61. The summed E-state index contributed by atoms with van der Waals surface area (Å²) in [5.74, 6) is 0.989. The molecule has 0 aromatic heterocycles. The van der Waals surface area contributed by atoms with Crippen molar-refractivity contribution in [2.45, 2.75) is 33.1 Å². The van der Waals surface area contributed by atoms with Crippen molar-refractivity contribution in [3.63, 3.8) is 0 Å². The average molecular weight is 210 g/mol. The summed E-state index contributed by atoms with van der Waals surface area (Å²) in [7, 11) is 0. The number of hydrogen-bond donors (Lipinski definition) is 0. The standard InChI is InChI=1S/C10H12OS.C2H6/c1-12-11-10-6-5-8-3-2-4-9(8)7-10;1-2/h5-7H,2-4H2,1H3;1-2H3. The summed E-state index contributed by atoms with van der Waals surface area (Å²) >= 11 is 1.40. The number of rotatable bonds is 2. The first kappa shape index (κ1) is 11.4. The summed E-state index contributed by atoms with van der Waals surface area (Å²) in [5, 5.41) is 0. The van der Waals surface area contributed by atoms with Gasteiger partial charge in [0.1, 0.15) is 5.75 Å². The fraction of sp³-hybridized carbons (Fsp3) is 0.500. The van der Waals surface area contributed by atoms with Crippen LogP contribution in [0, 0.1) is 0 Å². The minimum absolute atomic E-state index is 0.989. The lowest BCUT2D eigenvalue weighted by molar-refractivity contribution is 0.649. The van der Waals surface area contributed by atoms with Crippen LogP contribution < -0.4 is 4.18 Å². The van der Waals surface area contributed by atoms with Gasteiger partial charge < -0.3 is 4.18 Å². The third-order valence-electron chi connectivity index (χ3n) is 2.25. The van der Waals surface area contributed by atoms with Gasteiger partial charge in [0.05, 0.1) is 12.0 Å². The van der Waals surface area contributed by atoms with Gasteiger partial charge in [0.2, 0.25) is 0 Å². The second kappa shape index (κ2) is 5.97. The molecule has 1 aromatic carbocycles. The molecule has 0 heterocycles. The zero-order chi connectivity index (χ0) is 10.4. The van der Waals surface area contributed by atoms with Crippen LogP contribution in [-0.2, 0) is 12.8 Å². The Morgan fingerprint density at radius 2 is 1.86 bits per heavy atom. The van der Waals surface area contributed by atoms with Crippen molar-refractivity contribution in [3.8, 4) is 5.75 Å². The van der Waals surface area contributed by atoms with Crippen molar-refractivity contribution in [3.05, 3.63) is 29.3 Å². The van der Waals surface area contributed by atoms with Crippen molar-refractivity contribution >= 4 is 12.0 Å². The Bertz CT molecular complexity index is 284. The molecule has 2 rings (SSSR count). The van der Waals surface area contributed by atoms with Gasteiger partial charge in [-0.3, -0.25) is 0 Å². The van der Waals surface area contributed by atoms with Crippen LogP contribution in [0.5, 0.6) is 5.75 Å². The van der Waals surface area contributed by atoms with E-state index < -0.39 is 0 Å². The number of hydrogen-bond acceptors (Lipinski definition) is 2. The van der Waals surface area contributed by atoms with Gasteiger partial charge in [-0.1, -0.05) is 19.9 Å². The fourth-order valence-electron chi connectivity index (χ4n) is 1.70. The summed E-state index contributed by atoms with van der Waals surface area (Å²) in [4.78, 5) is 0. The first-order chi connectivity index (χ1) is 6.90. The van der Waals surface area contributed by atoms with E-state index in [2.05, 4.69) is 18.2 Å². The predicted octanol–water partition coefficient (Wildman–Crippen LogP) is 3.86. The molecule has 0 saturated carbocycles. The SMILES string of the molecule is CC.CSOc1ccc2c(c1)CCC2. The highest BCUT2D eigenvalue weighted by Crippen LogP contribution is 2.26. The van der Waals surface area contributed by atoms with E-state index in [1.54, 1.807) is 0 Å². The predicted molar refractivity (Wildman–Crippen MR) is 64.0 cm³/mol. The van der Waals surface area contributed by atoms with Crippen LogP contribution in [0.2, 0.25) is 0 Å². The lowest BCUT2D eigenvalue weighted by atomic mass is 10.1. The molecule has 0 fully saturated rings. The maximum atomic E-state index is 5.35. The van der Waals surface area contributed by atoms with E-state index in [1.807, 2.05) is 20.1 Å². The van der Waals surface area contributed by atoms with E-state index in [4.69, 9.17) is 4.18 Å². The molecule has 2 heteroatoms. The summed E-state index contributed by atoms with van der Waals surface area (Å²) in [5.41, 5.74) is 2.98. The van der Waals surface area contributed by atoms with Gasteiger partial charge in [-0.25, -0.2) is 0 Å². The molecule has 78 valence electrons. The largest absolute Gasteiger partial charge is 0.426 e. The zero-order valence-corrected chi connectivity index (χ0v) is 9.99. The van der Waals surface area contributed by atoms with Crippen molar-refractivity contribution in [2.75, 3.05) is 6.26 Å². The normalized spacial score (nSPS) is 12.8. The monoisotopic (exact) mass is 210 g/mol. The summed E-state index contributed by atoms with van der Waals surface area (Å²) in [6.07, 6.45) is 5.71. The maximum absolute atomic E-state index is 5.35. The Balaban J connectivity index is 0.000000461. The van der Waals surface area contributed by atoms with Crippen molar-refractivity contribution < 1.29 is 4.18 Å². The summed E-state index contributed by atoms with van der Waals surface area (Å²) in [6.45, 7) is 4.00. The van der Waals surface area contributed by atoms with Crippen LogP contribution in [0.25, 0.3) is 0 Å². The van der Waals surface area contributed by atoms with E-state index in [9.17, 15) is 0 Å². The van der Waals surface area contributed by atoms with Crippen LogP contribution in [0.1, 0.15) is 31.4 Å². The molecule has 0 bridgehead atoms. The Labute approximate surface area is 91.1 Å². The smallest absolute Gasteiger partial charge is 0.137 e. The molecule has 0 N–H and O–H groups in total. The highest BCUT2D eigenvalue weighted by Gasteiger charge is 2.10. The minimum atomic E-state index is 0.989. The van der Waals surface area contributed by atoms with Gasteiger partial charge in [-0.2, -0.15) is 0 Å². The van der Waals surface area contributed by atoms with Gasteiger partial charge in [0.25, 0.3) is 0 Å². The summed E-state index contributed by atoms with van der Waals surface area (Å²) in [6, 6.07) is 6.41. The average Bonchev–Trinajstić information content (AvgIpc) is 2.68. The number of benzene rings is 1. The first-order valence-corrected chi connectivity index (χ1v) is 6.37. The van der Waals surface area contributed by atoms with Gasteiger partial charge in [0, 0.05) is 6.26 Å². The molecule has 0 radical (unpaired) electrons. The zero-order valence-electron chi connectivity index (χ0n) is 9.17. The molecule has 1 aliphatic carbocycles. The van der Waals surface area contributed by atoms with Gasteiger partial charge >= 0.3 is 0 Å². The molecule has 14 heavy (non-hydrogen) atoms. The molecule has 0 aliphatic heterocycles. The molecule has 0 spiro atoms. The van der Waals surface area contributed by atoms with Crippen LogP contribution >= 0.6 is 12.0 Å². The molecule has 1 nitrogen and oxygen atoms in total.